The van der Waals surface area contributed by atoms with E-state index in [0.717, 1.165) is 11.4 Å². The number of carbonyl (C=O) groups is 1. The van der Waals surface area contributed by atoms with Crippen molar-refractivity contribution in [2.45, 2.75) is 25.7 Å². The first-order chi connectivity index (χ1) is 8.34. The standard InChI is InChI=1S/C14H19NOS.ClH/c16-13(6-7-14-5-4-12-17-14)8-11-15-9-2-1-3-10-15;/h4-7,12H,1-3,8-11H2;1H/b7-6+;. The van der Waals surface area contributed by atoms with Crippen molar-refractivity contribution in [1.29, 1.82) is 0 Å². The van der Waals surface area contributed by atoms with Crippen LogP contribution in [0.5, 0.6) is 0 Å². The SMILES string of the molecule is Cl.O=C(/C=C/c1cccs1)CCN1CCCCC1. The number of hydrogen-bond acceptors (Lipinski definition) is 3. The number of thiophene rings is 1. The van der Waals surface area contributed by atoms with Crippen LogP contribution in [0.25, 0.3) is 6.08 Å². The van der Waals surface area contributed by atoms with E-state index < -0.39 is 0 Å². The average molecular weight is 286 g/mol. The molecular formula is C14H20ClNOS. The Hall–Kier alpha value is -0.640. The first-order valence-electron chi connectivity index (χ1n) is 6.31. The van der Waals surface area contributed by atoms with Gasteiger partial charge in [-0.1, -0.05) is 12.5 Å². The van der Waals surface area contributed by atoms with Crippen LogP contribution in [0, 0.1) is 0 Å². The fourth-order valence-electron chi connectivity index (χ4n) is 2.10. The molecule has 0 radical (unpaired) electrons. The lowest BCUT2D eigenvalue weighted by atomic mass is 10.1. The van der Waals surface area contributed by atoms with Gasteiger partial charge in [0.25, 0.3) is 0 Å². The summed E-state index contributed by atoms with van der Waals surface area (Å²) in [7, 11) is 0. The molecule has 1 aromatic heterocycles. The first-order valence-corrected chi connectivity index (χ1v) is 7.19. The van der Waals surface area contributed by atoms with Crippen LogP contribution in [0.2, 0.25) is 0 Å². The van der Waals surface area contributed by atoms with Crippen molar-refractivity contribution >= 4 is 35.6 Å². The Bertz CT molecular complexity index is 369. The van der Waals surface area contributed by atoms with E-state index in [0.29, 0.717) is 6.42 Å². The largest absolute Gasteiger partial charge is 0.303 e. The molecule has 0 N–H and O–H groups in total. The molecule has 2 heterocycles. The van der Waals surface area contributed by atoms with Gasteiger partial charge in [-0.25, -0.2) is 0 Å². The minimum absolute atomic E-state index is 0. The number of nitrogens with zero attached hydrogens (tertiary/aromatic N) is 1. The van der Waals surface area contributed by atoms with Gasteiger partial charge in [0, 0.05) is 17.8 Å². The van der Waals surface area contributed by atoms with Crippen molar-refractivity contribution in [3.63, 3.8) is 0 Å². The molecule has 1 saturated heterocycles. The summed E-state index contributed by atoms with van der Waals surface area (Å²) in [4.78, 5) is 15.2. The molecule has 0 bridgehead atoms. The molecule has 2 nitrogen and oxygen atoms in total. The number of piperidine rings is 1. The Morgan fingerprint density at radius 3 is 2.78 bits per heavy atom. The molecule has 1 fully saturated rings. The predicted molar refractivity (Wildman–Crippen MR) is 80.5 cm³/mol. The topological polar surface area (TPSA) is 20.3 Å². The van der Waals surface area contributed by atoms with E-state index in [2.05, 4.69) is 4.90 Å². The Balaban J connectivity index is 0.00000162. The molecule has 0 aromatic carbocycles. The first kappa shape index (κ1) is 15.4. The lowest BCUT2D eigenvalue weighted by Crippen LogP contribution is -2.31. The zero-order valence-electron chi connectivity index (χ0n) is 10.5. The molecular weight excluding hydrogens is 266 g/mol. The van der Waals surface area contributed by atoms with Crippen LogP contribution >= 0.6 is 23.7 Å². The predicted octanol–water partition coefficient (Wildman–Crippen LogP) is 3.63. The number of allylic oxidation sites excluding steroid dienone is 1. The summed E-state index contributed by atoms with van der Waals surface area (Å²) in [6.45, 7) is 3.26. The van der Waals surface area contributed by atoms with E-state index in [9.17, 15) is 4.79 Å². The van der Waals surface area contributed by atoms with Crippen LogP contribution in [-0.2, 0) is 4.79 Å². The maximum Gasteiger partial charge on any atom is 0.157 e. The smallest absolute Gasteiger partial charge is 0.157 e. The van der Waals surface area contributed by atoms with E-state index in [1.165, 1.54) is 32.4 Å². The summed E-state index contributed by atoms with van der Waals surface area (Å²) in [5.74, 6) is 0.240. The summed E-state index contributed by atoms with van der Waals surface area (Å²) in [5.41, 5.74) is 0. The zero-order valence-corrected chi connectivity index (χ0v) is 12.1. The summed E-state index contributed by atoms with van der Waals surface area (Å²) >= 11 is 1.66. The van der Waals surface area contributed by atoms with Gasteiger partial charge in [0.05, 0.1) is 0 Å². The third kappa shape index (κ3) is 5.34. The van der Waals surface area contributed by atoms with Crippen LogP contribution in [0.15, 0.2) is 23.6 Å². The molecule has 0 atom stereocenters. The zero-order chi connectivity index (χ0) is 11.9. The minimum atomic E-state index is 0. The summed E-state index contributed by atoms with van der Waals surface area (Å²) in [6, 6.07) is 4.03. The van der Waals surface area contributed by atoms with Gasteiger partial charge >= 0.3 is 0 Å². The highest BCUT2D eigenvalue weighted by Crippen LogP contribution is 2.11. The highest BCUT2D eigenvalue weighted by atomic mass is 35.5. The highest BCUT2D eigenvalue weighted by molar-refractivity contribution is 7.10. The molecule has 0 unspecified atom stereocenters. The highest BCUT2D eigenvalue weighted by Gasteiger charge is 2.10. The molecule has 0 saturated carbocycles. The molecule has 1 aromatic rings. The number of rotatable bonds is 5. The molecule has 18 heavy (non-hydrogen) atoms. The molecule has 1 aliphatic heterocycles. The molecule has 100 valence electrons. The maximum absolute atomic E-state index is 11.7. The average Bonchev–Trinajstić information content (AvgIpc) is 2.88. The fourth-order valence-corrected chi connectivity index (χ4v) is 2.71. The molecule has 0 aliphatic carbocycles. The second-order valence-corrected chi connectivity index (χ2v) is 5.45. The van der Waals surface area contributed by atoms with Gasteiger partial charge in [-0.3, -0.25) is 4.79 Å². The fraction of sp³-hybridized carbons (Fsp3) is 0.500. The van der Waals surface area contributed by atoms with Crippen molar-refractivity contribution in [2.24, 2.45) is 0 Å². The Morgan fingerprint density at radius 2 is 2.11 bits per heavy atom. The quantitative estimate of drug-likeness (QED) is 0.770. The lowest BCUT2D eigenvalue weighted by molar-refractivity contribution is -0.114. The van der Waals surface area contributed by atoms with Gasteiger partial charge in [-0.2, -0.15) is 0 Å². The molecule has 2 rings (SSSR count). The number of likely N-dealkylation sites (tertiary alicyclic amines) is 1. The van der Waals surface area contributed by atoms with E-state index >= 15 is 0 Å². The van der Waals surface area contributed by atoms with Gasteiger partial charge in [0.15, 0.2) is 5.78 Å². The number of hydrogen-bond donors (Lipinski definition) is 0. The van der Waals surface area contributed by atoms with Crippen LogP contribution in [-0.4, -0.2) is 30.3 Å². The Morgan fingerprint density at radius 1 is 1.33 bits per heavy atom. The van der Waals surface area contributed by atoms with E-state index in [4.69, 9.17) is 0 Å². The molecule has 1 aliphatic rings. The van der Waals surface area contributed by atoms with Crippen molar-refractivity contribution < 1.29 is 4.79 Å². The third-order valence-electron chi connectivity index (χ3n) is 3.10. The number of halogens is 1. The second kappa shape index (κ2) is 8.46. The monoisotopic (exact) mass is 285 g/mol. The Kier molecular flexibility index (Phi) is 7.25. The number of ketones is 1. The van der Waals surface area contributed by atoms with E-state index in [1.807, 2.05) is 23.6 Å². The van der Waals surface area contributed by atoms with Crippen molar-refractivity contribution in [1.82, 2.24) is 4.90 Å². The van der Waals surface area contributed by atoms with E-state index in [-0.39, 0.29) is 18.2 Å². The van der Waals surface area contributed by atoms with Gasteiger partial charge in [-0.15, -0.1) is 23.7 Å². The third-order valence-corrected chi connectivity index (χ3v) is 3.94. The van der Waals surface area contributed by atoms with Crippen molar-refractivity contribution in [3.8, 4) is 0 Å². The van der Waals surface area contributed by atoms with Crippen LogP contribution in [0.3, 0.4) is 0 Å². The molecule has 0 spiro atoms. The summed E-state index contributed by atoms with van der Waals surface area (Å²) < 4.78 is 0. The van der Waals surface area contributed by atoms with Gasteiger partial charge < -0.3 is 4.90 Å². The van der Waals surface area contributed by atoms with Gasteiger partial charge in [0.1, 0.15) is 0 Å². The minimum Gasteiger partial charge on any atom is -0.303 e. The summed E-state index contributed by atoms with van der Waals surface area (Å²) in [5, 5.41) is 2.03. The van der Waals surface area contributed by atoms with Crippen LogP contribution in [0.1, 0.15) is 30.6 Å². The normalized spacial score (nSPS) is 16.7. The lowest BCUT2D eigenvalue weighted by Gasteiger charge is -2.25. The molecule has 0 amide bonds. The molecule has 4 heteroatoms. The van der Waals surface area contributed by atoms with Crippen LogP contribution in [0.4, 0.5) is 0 Å². The van der Waals surface area contributed by atoms with Crippen molar-refractivity contribution in [2.75, 3.05) is 19.6 Å². The van der Waals surface area contributed by atoms with Gasteiger partial charge in [-0.05, 0) is 49.5 Å². The van der Waals surface area contributed by atoms with Crippen molar-refractivity contribution in [3.05, 3.63) is 28.5 Å². The second-order valence-electron chi connectivity index (χ2n) is 4.47. The summed E-state index contributed by atoms with van der Waals surface area (Å²) in [6.07, 6.45) is 8.22. The van der Waals surface area contributed by atoms with Crippen LogP contribution < -0.4 is 0 Å². The van der Waals surface area contributed by atoms with Gasteiger partial charge in [0.2, 0.25) is 0 Å². The van der Waals surface area contributed by atoms with E-state index in [1.54, 1.807) is 17.4 Å². The Labute approximate surface area is 119 Å². The maximum atomic E-state index is 11.7. The number of carbonyl (C=O) groups excluding carboxylic acids is 1.